The van der Waals surface area contributed by atoms with Crippen LogP contribution in [0.3, 0.4) is 0 Å². The molecule has 4 nitrogen and oxygen atoms in total. The minimum absolute atomic E-state index is 0.106. The lowest BCUT2D eigenvalue weighted by Crippen LogP contribution is -2.05. The number of hydrogen-bond donors (Lipinski definition) is 0. The van der Waals surface area contributed by atoms with Crippen molar-refractivity contribution in [1.29, 1.82) is 0 Å². The molecular formula is C12H20O4. The van der Waals surface area contributed by atoms with E-state index in [1.165, 1.54) is 13.2 Å². The smallest absolute Gasteiger partial charge is 0.438 e. The first-order chi connectivity index (χ1) is 7.70. The third kappa shape index (κ3) is 9.24. The van der Waals surface area contributed by atoms with Crippen LogP contribution in [0.2, 0.25) is 0 Å². The van der Waals surface area contributed by atoms with Crippen LogP contribution in [-0.2, 0) is 14.3 Å². The van der Waals surface area contributed by atoms with E-state index in [1.807, 2.05) is 0 Å². The van der Waals surface area contributed by atoms with Crippen LogP contribution in [0.25, 0.3) is 0 Å². The standard InChI is InChI=1S/C12H20O4/c1-3-11(13)9-7-5-4-6-8-10-16-12(14)15-2/h3H,1,4-10H2,2H3. The van der Waals surface area contributed by atoms with Gasteiger partial charge in [0, 0.05) is 6.42 Å². The highest BCUT2D eigenvalue weighted by atomic mass is 16.7. The topological polar surface area (TPSA) is 52.6 Å². The number of ether oxygens (including phenoxy) is 2. The van der Waals surface area contributed by atoms with Crippen molar-refractivity contribution in [3.8, 4) is 0 Å². The summed E-state index contributed by atoms with van der Waals surface area (Å²) in [6, 6.07) is 0. The fraction of sp³-hybridized carbons (Fsp3) is 0.667. The minimum atomic E-state index is -0.628. The molecule has 16 heavy (non-hydrogen) atoms. The van der Waals surface area contributed by atoms with Gasteiger partial charge in [0.15, 0.2) is 5.78 Å². The minimum Gasteiger partial charge on any atom is -0.438 e. The van der Waals surface area contributed by atoms with E-state index in [1.54, 1.807) is 0 Å². The highest BCUT2D eigenvalue weighted by molar-refractivity contribution is 5.88. The zero-order valence-electron chi connectivity index (χ0n) is 9.87. The molecule has 0 aliphatic rings. The van der Waals surface area contributed by atoms with Gasteiger partial charge in [-0.05, 0) is 18.9 Å². The molecule has 0 aromatic carbocycles. The average molecular weight is 228 g/mol. The van der Waals surface area contributed by atoms with E-state index in [4.69, 9.17) is 4.74 Å². The average Bonchev–Trinajstić information content (AvgIpc) is 2.31. The fourth-order valence-electron chi connectivity index (χ4n) is 1.25. The Labute approximate surface area is 96.6 Å². The van der Waals surface area contributed by atoms with Gasteiger partial charge in [-0.1, -0.05) is 25.8 Å². The van der Waals surface area contributed by atoms with Gasteiger partial charge in [0.25, 0.3) is 0 Å². The van der Waals surface area contributed by atoms with Crippen LogP contribution in [0.4, 0.5) is 4.79 Å². The van der Waals surface area contributed by atoms with Crippen molar-refractivity contribution >= 4 is 11.9 Å². The summed E-state index contributed by atoms with van der Waals surface area (Å²) in [6.07, 6.45) is 6.14. The predicted octanol–water partition coefficient (Wildman–Crippen LogP) is 2.87. The van der Waals surface area contributed by atoms with Crippen LogP contribution >= 0.6 is 0 Å². The molecule has 0 aliphatic carbocycles. The van der Waals surface area contributed by atoms with Crippen LogP contribution in [0.5, 0.6) is 0 Å². The molecule has 0 fully saturated rings. The summed E-state index contributed by atoms with van der Waals surface area (Å²) in [5.41, 5.74) is 0. The molecule has 0 saturated carbocycles. The molecule has 0 atom stereocenters. The number of carbonyl (C=O) groups is 2. The molecule has 0 N–H and O–H groups in total. The Hall–Kier alpha value is -1.32. The molecule has 0 aromatic heterocycles. The Morgan fingerprint density at radius 3 is 2.38 bits per heavy atom. The van der Waals surface area contributed by atoms with Crippen molar-refractivity contribution in [3.63, 3.8) is 0 Å². The normalized spacial score (nSPS) is 9.56. The van der Waals surface area contributed by atoms with Crippen LogP contribution in [0, 0.1) is 0 Å². The summed E-state index contributed by atoms with van der Waals surface area (Å²) in [5.74, 6) is 0.106. The number of carbonyl (C=O) groups excluding carboxylic acids is 2. The number of allylic oxidation sites excluding steroid dienone is 1. The summed E-state index contributed by atoms with van der Waals surface area (Å²) >= 11 is 0. The van der Waals surface area contributed by atoms with Crippen molar-refractivity contribution in [2.75, 3.05) is 13.7 Å². The van der Waals surface area contributed by atoms with E-state index in [9.17, 15) is 9.59 Å². The first-order valence-corrected chi connectivity index (χ1v) is 5.56. The second-order valence-corrected chi connectivity index (χ2v) is 3.49. The van der Waals surface area contributed by atoms with Gasteiger partial charge in [0.1, 0.15) is 0 Å². The van der Waals surface area contributed by atoms with E-state index < -0.39 is 6.16 Å². The van der Waals surface area contributed by atoms with Crippen LogP contribution in [0.15, 0.2) is 12.7 Å². The summed E-state index contributed by atoms with van der Waals surface area (Å²) in [4.78, 5) is 21.4. The SMILES string of the molecule is C=CC(=O)CCCCCCCOC(=O)OC. The lowest BCUT2D eigenvalue weighted by atomic mass is 10.1. The molecule has 0 unspecified atom stereocenters. The van der Waals surface area contributed by atoms with E-state index in [0.29, 0.717) is 13.0 Å². The molecular weight excluding hydrogens is 208 g/mol. The lowest BCUT2D eigenvalue weighted by molar-refractivity contribution is -0.114. The lowest BCUT2D eigenvalue weighted by Gasteiger charge is -2.02. The molecule has 0 radical (unpaired) electrons. The van der Waals surface area contributed by atoms with Crippen LogP contribution in [0.1, 0.15) is 38.5 Å². The Morgan fingerprint density at radius 2 is 1.75 bits per heavy atom. The first-order valence-electron chi connectivity index (χ1n) is 5.56. The maximum absolute atomic E-state index is 10.9. The molecule has 92 valence electrons. The molecule has 0 amide bonds. The second-order valence-electron chi connectivity index (χ2n) is 3.49. The number of hydrogen-bond acceptors (Lipinski definition) is 4. The van der Waals surface area contributed by atoms with Gasteiger partial charge in [0.05, 0.1) is 13.7 Å². The molecule has 0 saturated heterocycles. The van der Waals surface area contributed by atoms with Crippen molar-refractivity contribution in [2.24, 2.45) is 0 Å². The highest BCUT2D eigenvalue weighted by Gasteiger charge is 1.99. The summed E-state index contributed by atoms with van der Waals surface area (Å²) < 4.78 is 9.05. The quantitative estimate of drug-likeness (QED) is 0.346. The Bertz CT molecular complexity index is 223. The van der Waals surface area contributed by atoms with Gasteiger partial charge in [-0.15, -0.1) is 0 Å². The third-order valence-corrected chi connectivity index (χ3v) is 2.18. The zero-order valence-corrected chi connectivity index (χ0v) is 9.87. The molecule has 0 aromatic rings. The summed E-state index contributed by atoms with van der Waals surface area (Å²) in [6.45, 7) is 3.82. The van der Waals surface area contributed by atoms with Gasteiger partial charge in [-0.25, -0.2) is 4.79 Å². The monoisotopic (exact) mass is 228 g/mol. The second kappa shape index (κ2) is 10.2. The van der Waals surface area contributed by atoms with Gasteiger partial charge < -0.3 is 9.47 Å². The van der Waals surface area contributed by atoms with Crippen molar-refractivity contribution in [1.82, 2.24) is 0 Å². The van der Waals surface area contributed by atoms with E-state index in [2.05, 4.69) is 11.3 Å². The molecule has 0 heterocycles. The number of ketones is 1. The third-order valence-electron chi connectivity index (χ3n) is 2.18. The molecule has 0 bridgehead atoms. The van der Waals surface area contributed by atoms with Crippen molar-refractivity contribution < 1.29 is 19.1 Å². The van der Waals surface area contributed by atoms with E-state index >= 15 is 0 Å². The number of methoxy groups -OCH3 is 1. The first kappa shape index (κ1) is 14.7. The number of unbranched alkanes of at least 4 members (excludes halogenated alkanes) is 4. The summed E-state index contributed by atoms with van der Waals surface area (Å²) in [7, 11) is 1.29. The van der Waals surface area contributed by atoms with Gasteiger partial charge in [0.2, 0.25) is 0 Å². The Kier molecular flexibility index (Phi) is 9.36. The maximum atomic E-state index is 10.9. The van der Waals surface area contributed by atoms with E-state index in [-0.39, 0.29) is 5.78 Å². The van der Waals surface area contributed by atoms with Crippen molar-refractivity contribution in [2.45, 2.75) is 38.5 Å². The van der Waals surface area contributed by atoms with Gasteiger partial charge >= 0.3 is 6.16 Å². The Balaban J connectivity index is 3.13. The Morgan fingerprint density at radius 1 is 1.12 bits per heavy atom. The maximum Gasteiger partial charge on any atom is 0.507 e. The molecule has 0 rings (SSSR count). The van der Waals surface area contributed by atoms with Gasteiger partial charge in [-0.2, -0.15) is 0 Å². The number of rotatable bonds is 9. The van der Waals surface area contributed by atoms with Crippen LogP contribution in [-0.4, -0.2) is 25.7 Å². The van der Waals surface area contributed by atoms with Crippen LogP contribution < -0.4 is 0 Å². The molecule has 0 spiro atoms. The summed E-state index contributed by atoms with van der Waals surface area (Å²) in [5, 5.41) is 0. The molecule has 4 heteroatoms. The predicted molar refractivity (Wildman–Crippen MR) is 61.3 cm³/mol. The molecule has 0 aliphatic heterocycles. The largest absolute Gasteiger partial charge is 0.507 e. The zero-order chi connectivity index (χ0) is 12.2. The highest BCUT2D eigenvalue weighted by Crippen LogP contribution is 2.06. The van der Waals surface area contributed by atoms with E-state index in [0.717, 1.165) is 32.1 Å². The fourth-order valence-corrected chi connectivity index (χ4v) is 1.25. The van der Waals surface area contributed by atoms with Crippen molar-refractivity contribution in [3.05, 3.63) is 12.7 Å². The van der Waals surface area contributed by atoms with Gasteiger partial charge in [-0.3, -0.25) is 4.79 Å².